The highest BCUT2D eigenvalue weighted by Crippen LogP contribution is 2.30. The Hall–Kier alpha value is -3.26. The van der Waals surface area contributed by atoms with Crippen LogP contribution in [-0.4, -0.2) is 43.9 Å². The van der Waals surface area contributed by atoms with E-state index in [4.69, 9.17) is 4.52 Å². The highest BCUT2D eigenvalue weighted by molar-refractivity contribution is 5.92. The van der Waals surface area contributed by atoms with Gasteiger partial charge in [-0.15, -0.1) is 0 Å². The zero-order valence-electron chi connectivity index (χ0n) is 17.2. The minimum Gasteiger partial charge on any atom is -0.334 e. The maximum Gasteiger partial charge on any atom is 0.259 e. The second kappa shape index (κ2) is 7.29. The Morgan fingerprint density at radius 2 is 1.93 bits per heavy atom. The molecule has 1 N–H and O–H groups in total. The normalized spacial score (nSPS) is 11.8. The van der Waals surface area contributed by atoms with Gasteiger partial charge in [0.25, 0.3) is 5.89 Å². The van der Waals surface area contributed by atoms with Crippen LogP contribution in [0.1, 0.15) is 31.1 Å². The van der Waals surface area contributed by atoms with Gasteiger partial charge >= 0.3 is 0 Å². The Bertz CT molecular complexity index is 1210. The van der Waals surface area contributed by atoms with E-state index in [1.54, 1.807) is 4.68 Å². The summed E-state index contributed by atoms with van der Waals surface area (Å²) in [7, 11) is 4.07. The van der Waals surface area contributed by atoms with Crippen molar-refractivity contribution in [2.24, 2.45) is 0 Å². The molecule has 29 heavy (non-hydrogen) atoms. The minimum absolute atomic E-state index is 0.107. The van der Waals surface area contributed by atoms with E-state index >= 15 is 0 Å². The van der Waals surface area contributed by atoms with Gasteiger partial charge in [-0.1, -0.05) is 29.4 Å². The molecule has 8 heteroatoms. The number of aromatic nitrogens is 5. The predicted molar refractivity (Wildman–Crippen MR) is 112 cm³/mol. The number of pyridine rings is 1. The minimum atomic E-state index is -0.234. The first-order valence-corrected chi connectivity index (χ1v) is 9.53. The summed E-state index contributed by atoms with van der Waals surface area (Å²) in [5.74, 6) is 0.790. The molecule has 0 spiro atoms. The molecule has 8 nitrogen and oxygen atoms in total. The van der Waals surface area contributed by atoms with E-state index in [0.717, 1.165) is 23.2 Å². The lowest BCUT2D eigenvalue weighted by Gasteiger charge is -2.09. The number of aryl methyl sites for hydroxylation is 1. The van der Waals surface area contributed by atoms with Crippen LogP contribution in [0.15, 0.2) is 39.6 Å². The number of H-pyrrole nitrogens is 1. The first-order chi connectivity index (χ1) is 13.8. The van der Waals surface area contributed by atoms with Crippen molar-refractivity contribution in [2.45, 2.75) is 33.4 Å². The molecule has 0 aliphatic heterocycles. The summed E-state index contributed by atoms with van der Waals surface area (Å²) in [6, 6.07) is 9.64. The predicted octanol–water partition coefficient (Wildman–Crippen LogP) is 3.39. The van der Waals surface area contributed by atoms with Gasteiger partial charge in [-0.2, -0.15) is 10.1 Å². The molecule has 0 amide bonds. The van der Waals surface area contributed by atoms with Crippen LogP contribution >= 0.6 is 0 Å². The molecule has 4 aromatic rings. The van der Waals surface area contributed by atoms with E-state index in [1.807, 2.05) is 59.1 Å². The van der Waals surface area contributed by atoms with Gasteiger partial charge in [0.1, 0.15) is 5.65 Å². The second-order valence-corrected chi connectivity index (χ2v) is 7.75. The number of nitrogens with one attached hydrogen (secondary N) is 1. The zero-order valence-corrected chi connectivity index (χ0v) is 17.2. The van der Waals surface area contributed by atoms with Crippen molar-refractivity contribution in [3.8, 4) is 22.8 Å². The van der Waals surface area contributed by atoms with Crippen molar-refractivity contribution < 1.29 is 4.52 Å². The van der Waals surface area contributed by atoms with Crippen molar-refractivity contribution in [3.05, 3.63) is 51.9 Å². The van der Waals surface area contributed by atoms with E-state index in [-0.39, 0.29) is 11.6 Å². The zero-order chi connectivity index (χ0) is 20.7. The lowest BCUT2D eigenvalue weighted by molar-refractivity contribution is 0.402. The Kier molecular flexibility index (Phi) is 4.79. The molecule has 0 radical (unpaired) electrons. The largest absolute Gasteiger partial charge is 0.334 e. The Morgan fingerprint density at radius 3 is 2.59 bits per heavy atom. The van der Waals surface area contributed by atoms with Crippen LogP contribution < -0.4 is 5.56 Å². The van der Waals surface area contributed by atoms with Crippen molar-refractivity contribution >= 4 is 11.0 Å². The summed E-state index contributed by atoms with van der Waals surface area (Å²) >= 11 is 0. The molecule has 0 saturated heterocycles. The fraction of sp³-hybridized carbons (Fsp3) is 0.333. The maximum atomic E-state index is 12.3. The molecule has 3 aromatic heterocycles. The monoisotopic (exact) mass is 392 g/mol. The molecule has 0 unspecified atom stereocenters. The van der Waals surface area contributed by atoms with E-state index in [2.05, 4.69) is 25.1 Å². The third-order valence-electron chi connectivity index (χ3n) is 4.73. The van der Waals surface area contributed by atoms with Gasteiger partial charge in [0, 0.05) is 24.2 Å². The van der Waals surface area contributed by atoms with Gasteiger partial charge in [-0.05, 0) is 40.4 Å². The van der Waals surface area contributed by atoms with Crippen LogP contribution in [0.3, 0.4) is 0 Å². The number of fused-ring (bicyclic) bond motifs is 1. The van der Waals surface area contributed by atoms with Crippen molar-refractivity contribution in [3.63, 3.8) is 0 Å². The summed E-state index contributed by atoms with van der Waals surface area (Å²) < 4.78 is 7.33. The first-order valence-electron chi connectivity index (χ1n) is 9.53. The van der Waals surface area contributed by atoms with Gasteiger partial charge < -0.3 is 14.4 Å². The number of aromatic amines is 1. The Morgan fingerprint density at radius 1 is 1.21 bits per heavy atom. The van der Waals surface area contributed by atoms with Crippen LogP contribution in [0.25, 0.3) is 33.9 Å². The number of hydrogen-bond donors (Lipinski definition) is 1. The molecule has 150 valence electrons. The lowest BCUT2D eigenvalue weighted by atomic mass is 10.1. The van der Waals surface area contributed by atoms with Crippen LogP contribution in [0.2, 0.25) is 0 Å². The molecule has 1 aromatic carbocycles. The molecule has 0 fully saturated rings. The van der Waals surface area contributed by atoms with Crippen molar-refractivity contribution in [1.82, 2.24) is 29.8 Å². The average molecular weight is 392 g/mol. The molecule has 0 aliphatic rings. The van der Waals surface area contributed by atoms with Crippen LogP contribution in [-0.2, 0) is 6.54 Å². The summed E-state index contributed by atoms with van der Waals surface area (Å²) in [6.07, 6.45) is 0. The van der Waals surface area contributed by atoms with Crippen molar-refractivity contribution in [2.75, 3.05) is 14.1 Å². The van der Waals surface area contributed by atoms with E-state index in [0.29, 0.717) is 22.9 Å². The van der Waals surface area contributed by atoms with Gasteiger partial charge in [-0.25, -0.2) is 4.68 Å². The van der Waals surface area contributed by atoms with Gasteiger partial charge in [0.2, 0.25) is 11.4 Å². The fourth-order valence-corrected chi connectivity index (χ4v) is 3.46. The summed E-state index contributed by atoms with van der Waals surface area (Å²) in [6.45, 7) is 6.80. The molecule has 0 bridgehead atoms. The molecule has 0 saturated carbocycles. The SMILES string of the molecule is Cc1nn(C(C)C)c2[nH]c(=O)cc(-c3nc(-c4ccc(CN(C)C)cc4)no3)c12. The smallest absolute Gasteiger partial charge is 0.259 e. The second-order valence-electron chi connectivity index (χ2n) is 7.75. The quantitative estimate of drug-likeness (QED) is 0.560. The van der Waals surface area contributed by atoms with Crippen LogP contribution in [0.5, 0.6) is 0 Å². The van der Waals surface area contributed by atoms with Crippen LogP contribution in [0, 0.1) is 6.92 Å². The van der Waals surface area contributed by atoms with Crippen molar-refractivity contribution in [1.29, 1.82) is 0 Å². The van der Waals surface area contributed by atoms with Gasteiger partial charge in [0.05, 0.1) is 16.6 Å². The topological polar surface area (TPSA) is 92.8 Å². The average Bonchev–Trinajstić information content (AvgIpc) is 3.27. The Balaban J connectivity index is 1.77. The summed E-state index contributed by atoms with van der Waals surface area (Å²) in [4.78, 5) is 21.8. The number of nitrogens with zero attached hydrogens (tertiary/aromatic N) is 5. The third kappa shape index (κ3) is 3.58. The number of hydrogen-bond acceptors (Lipinski definition) is 6. The number of benzene rings is 1. The maximum absolute atomic E-state index is 12.3. The summed E-state index contributed by atoms with van der Waals surface area (Å²) in [5.41, 5.74) is 3.88. The van der Waals surface area contributed by atoms with Crippen LogP contribution in [0.4, 0.5) is 0 Å². The summed E-state index contributed by atoms with van der Waals surface area (Å²) in [5, 5.41) is 9.51. The molecule has 0 aliphatic carbocycles. The highest BCUT2D eigenvalue weighted by Gasteiger charge is 2.20. The standard InChI is InChI=1S/C21H24N6O2/c1-12(2)27-20-18(13(3)24-27)16(10-17(28)22-20)21-23-19(25-29-21)15-8-6-14(7-9-15)11-26(4)5/h6-10,12H,11H2,1-5H3,(H,22,28). The number of rotatable bonds is 5. The fourth-order valence-electron chi connectivity index (χ4n) is 3.46. The molecular formula is C21H24N6O2. The lowest BCUT2D eigenvalue weighted by Crippen LogP contribution is -2.10. The van der Waals surface area contributed by atoms with E-state index < -0.39 is 0 Å². The highest BCUT2D eigenvalue weighted by atomic mass is 16.5. The third-order valence-corrected chi connectivity index (χ3v) is 4.73. The van der Waals surface area contributed by atoms with E-state index in [1.165, 1.54) is 11.6 Å². The molecule has 0 atom stereocenters. The molecule has 3 heterocycles. The molecule has 4 rings (SSSR count). The Labute approximate surface area is 168 Å². The first kappa shape index (κ1) is 19.1. The van der Waals surface area contributed by atoms with Gasteiger partial charge in [-0.3, -0.25) is 4.79 Å². The van der Waals surface area contributed by atoms with Gasteiger partial charge in [0.15, 0.2) is 0 Å². The molecular weight excluding hydrogens is 368 g/mol. The van der Waals surface area contributed by atoms with E-state index in [9.17, 15) is 4.79 Å².